The summed E-state index contributed by atoms with van der Waals surface area (Å²) in [5.74, 6) is -1.76. The first kappa shape index (κ1) is 26.5. The number of hydrogen-bond acceptors (Lipinski definition) is 9. The number of aliphatic carboxylic acids is 1. The monoisotopic (exact) mass is 521 g/mol. The molecule has 2 amide bonds. The normalized spacial score (nSPS) is 15.4. The Morgan fingerprint density at radius 3 is 2.42 bits per heavy atom. The van der Waals surface area contributed by atoms with Gasteiger partial charge in [-0.25, -0.2) is 9.97 Å². The summed E-state index contributed by atoms with van der Waals surface area (Å²) in [4.78, 5) is 47.0. The van der Waals surface area contributed by atoms with Crippen molar-refractivity contribution in [3.05, 3.63) is 66.0 Å². The molecule has 2 aliphatic heterocycles. The van der Waals surface area contributed by atoms with Gasteiger partial charge in [-0.1, -0.05) is 24.3 Å². The molecule has 2 aromatic carbocycles. The molecule has 3 heterocycles. The summed E-state index contributed by atoms with van der Waals surface area (Å²) >= 11 is 0. The number of carbonyl (C=O) groups excluding carboxylic acids is 2. The van der Waals surface area contributed by atoms with E-state index in [-0.39, 0.29) is 51.1 Å². The molecule has 0 atom stereocenters. The molecule has 198 valence electrons. The highest BCUT2D eigenvalue weighted by molar-refractivity contribution is 6.06. The lowest BCUT2D eigenvalue weighted by molar-refractivity contribution is -0.137. The van der Waals surface area contributed by atoms with E-state index in [0.29, 0.717) is 28.3 Å². The average Bonchev–Trinajstić information content (AvgIpc) is 2.91. The van der Waals surface area contributed by atoms with Crippen LogP contribution in [0.5, 0.6) is 5.75 Å². The fourth-order valence-corrected chi connectivity index (χ4v) is 3.67. The summed E-state index contributed by atoms with van der Waals surface area (Å²) in [5.41, 5.74) is 7.55. The number of carbonyl (C=O) groups is 3. The fourth-order valence-electron chi connectivity index (χ4n) is 3.67. The van der Waals surface area contributed by atoms with E-state index in [1.165, 1.54) is 11.1 Å². The number of aromatic nitrogens is 2. The van der Waals surface area contributed by atoms with Gasteiger partial charge in [0.2, 0.25) is 0 Å². The third kappa shape index (κ3) is 6.81. The Bertz CT molecular complexity index is 1300. The van der Waals surface area contributed by atoms with Crippen LogP contribution in [0.1, 0.15) is 20.8 Å². The number of nitrogens with one attached hydrogen (secondary N) is 1. The summed E-state index contributed by atoms with van der Waals surface area (Å²) in [6.07, 6.45) is 1.42. The number of anilines is 2. The van der Waals surface area contributed by atoms with Gasteiger partial charge in [-0.05, 0) is 24.3 Å². The molecule has 38 heavy (non-hydrogen) atoms. The second-order valence-corrected chi connectivity index (χ2v) is 8.21. The number of carboxylic acids is 1. The molecule has 2 aliphatic rings. The Hall–Kier alpha value is -4.55. The van der Waals surface area contributed by atoms with Crippen molar-refractivity contribution in [1.29, 1.82) is 0 Å². The lowest BCUT2D eigenvalue weighted by atomic mass is 10.1. The van der Waals surface area contributed by atoms with Crippen LogP contribution in [-0.4, -0.2) is 83.9 Å². The fraction of sp³-hybridized carbons (Fsp3) is 0.269. The van der Waals surface area contributed by atoms with Crippen LogP contribution in [0.3, 0.4) is 0 Å². The molecule has 0 radical (unpaired) electrons. The molecule has 0 unspecified atom stereocenters. The first-order valence-electron chi connectivity index (χ1n) is 11.8. The number of para-hydroxylation sites is 2. The molecule has 5 rings (SSSR count). The topological polar surface area (TPSA) is 166 Å². The lowest BCUT2D eigenvalue weighted by Crippen LogP contribution is -2.38. The molecule has 12 heteroatoms. The molecule has 0 saturated carbocycles. The molecular weight excluding hydrogens is 494 g/mol. The molecule has 4 N–H and O–H groups in total. The van der Waals surface area contributed by atoms with E-state index in [1.807, 2.05) is 0 Å². The average molecular weight is 522 g/mol. The number of carboxylic acid groups (broad SMARTS) is 1. The standard InChI is InChI=1S/C26H27N5O7/c27-24-23-25(34)30-19-3-1-2-4-21(19)38-14-13-37-12-11-36-10-9-31(16-22(32)33)26(35)18-7-5-17(6-8-18)20(29-23)15-28-24/h1-8,15H,9-14,16H2,(H2,27,28)(H,30,34)(H,32,33). The van der Waals surface area contributed by atoms with Crippen LogP contribution in [0.2, 0.25) is 0 Å². The van der Waals surface area contributed by atoms with Crippen molar-refractivity contribution < 1.29 is 33.7 Å². The second kappa shape index (κ2) is 12.6. The van der Waals surface area contributed by atoms with Gasteiger partial charge < -0.3 is 35.3 Å². The van der Waals surface area contributed by atoms with Crippen LogP contribution in [0.15, 0.2) is 54.7 Å². The quantitative estimate of drug-likeness (QED) is 0.424. The molecular formula is C26H27N5O7. The Morgan fingerprint density at radius 1 is 0.974 bits per heavy atom. The molecule has 0 fully saturated rings. The molecule has 12 nitrogen and oxygen atoms in total. The number of rotatable bonds is 2. The zero-order valence-electron chi connectivity index (χ0n) is 20.5. The van der Waals surface area contributed by atoms with E-state index in [9.17, 15) is 19.5 Å². The molecule has 4 bridgehead atoms. The van der Waals surface area contributed by atoms with Crippen LogP contribution >= 0.6 is 0 Å². The summed E-state index contributed by atoms with van der Waals surface area (Å²) in [6.45, 7) is 0.802. The van der Waals surface area contributed by atoms with Gasteiger partial charge in [-0.2, -0.15) is 0 Å². The van der Waals surface area contributed by atoms with Gasteiger partial charge in [0.1, 0.15) is 18.9 Å². The Morgan fingerprint density at radius 2 is 1.66 bits per heavy atom. The minimum Gasteiger partial charge on any atom is -0.489 e. The van der Waals surface area contributed by atoms with Crippen molar-refractivity contribution in [3.63, 3.8) is 0 Å². The predicted octanol–water partition coefficient (Wildman–Crippen LogP) is 1.93. The molecule has 3 aromatic rings. The number of hydrogen-bond donors (Lipinski definition) is 3. The van der Waals surface area contributed by atoms with Gasteiger partial charge in [0.25, 0.3) is 11.8 Å². The maximum absolute atomic E-state index is 13.0. The van der Waals surface area contributed by atoms with E-state index in [2.05, 4.69) is 15.3 Å². The highest BCUT2D eigenvalue weighted by atomic mass is 16.5. The van der Waals surface area contributed by atoms with Gasteiger partial charge in [0.15, 0.2) is 11.5 Å². The molecule has 0 spiro atoms. The highest BCUT2D eigenvalue weighted by Gasteiger charge is 2.20. The maximum atomic E-state index is 13.0. The molecule has 0 saturated heterocycles. The zero-order valence-corrected chi connectivity index (χ0v) is 20.5. The van der Waals surface area contributed by atoms with Gasteiger partial charge >= 0.3 is 5.97 Å². The summed E-state index contributed by atoms with van der Waals surface area (Å²) in [7, 11) is 0. The Kier molecular flexibility index (Phi) is 8.80. The van der Waals surface area contributed by atoms with E-state index >= 15 is 0 Å². The lowest BCUT2D eigenvalue weighted by Gasteiger charge is -2.21. The number of amides is 2. The number of nitrogens with two attached hydrogens (primary N) is 1. The Balaban J connectivity index is 1.63. The van der Waals surface area contributed by atoms with Crippen molar-refractivity contribution in [2.75, 3.05) is 57.2 Å². The number of benzene rings is 2. The number of ether oxygens (including phenoxy) is 3. The van der Waals surface area contributed by atoms with Crippen LogP contribution in [0.4, 0.5) is 11.5 Å². The van der Waals surface area contributed by atoms with Gasteiger partial charge in [0.05, 0.1) is 44.0 Å². The van der Waals surface area contributed by atoms with Crippen molar-refractivity contribution in [1.82, 2.24) is 14.9 Å². The minimum absolute atomic E-state index is 0.0502. The Labute approximate surface area is 218 Å². The molecule has 1 aromatic heterocycles. The summed E-state index contributed by atoms with van der Waals surface area (Å²) < 4.78 is 16.8. The van der Waals surface area contributed by atoms with E-state index in [4.69, 9.17) is 19.9 Å². The van der Waals surface area contributed by atoms with E-state index in [1.54, 1.807) is 48.5 Å². The van der Waals surface area contributed by atoms with Crippen molar-refractivity contribution in [2.24, 2.45) is 0 Å². The van der Waals surface area contributed by atoms with Crippen LogP contribution < -0.4 is 15.8 Å². The third-order valence-electron chi connectivity index (χ3n) is 5.55. The van der Waals surface area contributed by atoms with Gasteiger partial charge in [-0.3, -0.25) is 14.4 Å². The van der Waals surface area contributed by atoms with E-state index < -0.39 is 24.3 Å². The maximum Gasteiger partial charge on any atom is 0.323 e. The number of nitrogen functional groups attached to an aromatic ring is 1. The first-order chi connectivity index (χ1) is 18.4. The zero-order chi connectivity index (χ0) is 26.9. The third-order valence-corrected chi connectivity index (χ3v) is 5.55. The van der Waals surface area contributed by atoms with E-state index in [0.717, 1.165) is 0 Å². The second-order valence-electron chi connectivity index (χ2n) is 8.21. The molecule has 0 aliphatic carbocycles. The summed E-state index contributed by atoms with van der Waals surface area (Å²) in [5, 5.41) is 12.0. The highest BCUT2D eigenvalue weighted by Crippen LogP contribution is 2.25. The number of fused-ring (bicyclic) bond motifs is 13. The predicted molar refractivity (Wildman–Crippen MR) is 137 cm³/mol. The minimum atomic E-state index is -1.13. The SMILES string of the molecule is Nc1ncc2nc1C(=O)Nc1ccccc1OCCOCCOCCN(CC(=O)O)C(=O)c1ccc-2cc1. The van der Waals surface area contributed by atoms with Gasteiger partial charge in [-0.15, -0.1) is 0 Å². The largest absolute Gasteiger partial charge is 0.489 e. The van der Waals surface area contributed by atoms with Crippen molar-refractivity contribution in [2.45, 2.75) is 0 Å². The van der Waals surface area contributed by atoms with Crippen LogP contribution in [0, 0.1) is 0 Å². The summed E-state index contributed by atoms with van der Waals surface area (Å²) in [6, 6.07) is 13.3. The van der Waals surface area contributed by atoms with Crippen LogP contribution in [-0.2, 0) is 14.3 Å². The van der Waals surface area contributed by atoms with Crippen molar-refractivity contribution in [3.8, 4) is 17.0 Å². The van der Waals surface area contributed by atoms with Crippen molar-refractivity contribution >= 4 is 29.3 Å². The number of nitrogens with zero attached hydrogens (tertiary/aromatic N) is 3. The smallest absolute Gasteiger partial charge is 0.323 e. The van der Waals surface area contributed by atoms with Gasteiger partial charge in [0, 0.05) is 17.7 Å². The first-order valence-corrected chi connectivity index (χ1v) is 11.8. The van der Waals surface area contributed by atoms with Crippen LogP contribution in [0.25, 0.3) is 11.3 Å².